The van der Waals surface area contributed by atoms with Crippen LogP contribution in [0.25, 0.3) is 6.08 Å². The molecule has 102 valence electrons. The normalized spacial score (nSPS) is 10.5. The Morgan fingerprint density at radius 1 is 0.900 bits per heavy atom. The molecule has 0 atom stereocenters. The van der Waals surface area contributed by atoms with Crippen LogP contribution in [0.2, 0.25) is 0 Å². The van der Waals surface area contributed by atoms with E-state index in [0.717, 1.165) is 16.8 Å². The first-order valence-corrected chi connectivity index (χ1v) is 6.51. The molecule has 0 bridgehead atoms. The highest BCUT2D eigenvalue weighted by molar-refractivity contribution is 5.90. The molecular formula is C17H18N2O. The van der Waals surface area contributed by atoms with Crippen molar-refractivity contribution in [1.82, 2.24) is 5.32 Å². The summed E-state index contributed by atoms with van der Waals surface area (Å²) in [7, 11) is 0. The predicted octanol–water partition coefficient (Wildman–Crippen LogP) is 4.10. The van der Waals surface area contributed by atoms with Crippen molar-refractivity contribution in [2.45, 2.75) is 13.8 Å². The van der Waals surface area contributed by atoms with Gasteiger partial charge in [0.2, 0.25) is 0 Å². The van der Waals surface area contributed by atoms with E-state index >= 15 is 0 Å². The summed E-state index contributed by atoms with van der Waals surface area (Å²) in [6.07, 6.45) is 3.49. The van der Waals surface area contributed by atoms with Crippen molar-refractivity contribution in [2.24, 2.45) is 0 Å². The predicted molar refractivity (Wildman–Crippen MR) is 83.5 cm³/mol. The fourth-order valence-corrected chi connectivity index (χ4v) is 1.70. The van der Waals surface area contributed by atoms with Crippen molar-refractivity contribution in [3.8, 4) is 0 Å². The Morgan fingerprint density at radius 3 is 2.05 bits per heavy atom. The molecule has 3 nitrogen and oxygen atoms in total. The van der Waals surface area contributed by atoms with Crippen molar-refractivity contribution >= 4 is 17.8 Å². The molecule has 2 N–H and O–H groups in total. The first-order chi connectivity index (χ1) is 9.63. The van der Waals surface area contributed by atoms with Crippen LogP contribution in [0.1, 0.15) is 16.7 Å². The highest BCUT2D eigenvalue weighted by Crippen LogP contribution is 2.08. The van der Waals surface area contributed by atoms with Crippen LogP contribution >= 0.6 is 0 Å². The highest BCUT2D eigenvalue weighted by atomic mass is 16.2. The summed E-state index contributed by atoms with van der Waals surface area (Å²) < 4.78 is 0. The Hall–Kier alpha value is -2.55. The van der Waals surface area contributed by atoms with E-state index in [1.54, 1.807) is 6.20 Å². The molecule has 2 aromatic carbocycles. The van der Waals surface area contributed by atoms with Crippen LogP contribution in [0.4, 0.5) is 10.5 Å². The van der Waals surface area contributed by atoms with E-state index in [-0.39, 0.29) is 6.03 Å². The lowest BCUT2D eigenvalue weighted by atomic mass is 10.1. The van der Waals surface area contributed by atoms with E-state index in [9.17, 15) is 4.79 Å². The van der Waals surface area contributed by atoms with Crippen LogP contribution in [0.3, 0.4) is 0 Å². The molecule has 0 aliphatic heterocycles. The van der Waals surface area contributed by atoms with Crippen LogP contribution in [-0.4, -0.2) is 6.03 Å². The van der Waals surface area contributed by atoms with Crippen molar-refractivity contribution in [3.05, 3.63) is 71.4 Å². The topological polar surface area (TPSA) is 41.1 Å². The molecule has 0 aromatic heterocycles. The number of nitrogens with one attached hydrogen (secondary N) is 2. The summed E-state index contributed by atoms with van der Waals surface area (Å²) in [6.45, 7) is 4.05. The van der Waals surface area contributed by atoms with Gasteiger partial charge in [-0.3, -0.25) is 0 Å². The number of amides is 2. The van der Waals surface area contributed by atoms with Crippen molar-refractivity contribution in [3.63, 3.8) is 0 Å². The van der Waals surface area contributed by atoms with Gasteiger partial charge in [-0.15, -0.1) is 0 Å². The van der Waals surface area contributed by atoms with E-state index in [4.69, 9.17) is 0 Å². The first kappa shape index (κ1) is 13.9. The van der Waals surface area contributed by atoms with E-state index in [1.165, 1.54) is 5.56 Å². The van der Waals surface area contributed by atoms with Gasteiger partial charge in [0.25, 0.3) is 0 Å². The van der Waals surface area contributed by atoms with Crippen molar-refractivity contribution < 1.29 is 4.79 Å². The van der Waals surface area contributed by atoms with Crippen LogP contribution in [0.15, 0.2) is 54.7 Å². The van der Waals surface area contributed by atoms with Crippen LogP contribution in [-0.2, 0) is 0 Å². The lowest BCUT2D eigenvalue weighted by molar-refractivity contribution is 0.255. The fraction of sp³-hybridized carbons (Fsp3) is 0.118. The average Bonchev–Trinajstić information content (AvgIpc) is 2.44. The van der Waals surface area contributed by atoms with Gasteiger partial charge in [-0.25, -0.2) is 4.79 Å². The van der Waals surface area contributed by atoms with Gasteiger partial charge < -0.3 is 10.6 Å². The molecule has 0 saturated heterocycles. The summed E-state index contributed by atoms with van der Waals surface area (Å²) in [5, 5.41) is 5.44. The van der Waals surface area contributed by atoms with E-state index in [2.05, 4.69) is 10.6 Å². The molecule has 2 rings (SSSR count). The van der Waals surface area contributed by atoms with Gasteiger partial charge in [0.15, 0.2) is 0 Å². The maximum atomic E-state index is 11.7. The molecule has 2 aromatic rings. The molecule has 0 saturated carbocycles. The van der Waals surface area contributed by atoms with Gasteiger partial charge in [-0.05, 0) is 37.6 Å². The van der Waals surface area contributed by atoms with Crippen LogP contribution < -0.4 is 10.6 Å². The standard InChI is InChI=1S/C17H18N2O/c1-13-3-7-15(8-4-13)11-12-18-17(20)19-16-9-5-14(2)6-10-16/h3-12H,1-2H3,(H2,18,19,20)/b12-11+. The number of urea groups is 1. The van der Waals surface area contributed by atoms with E-state index in [1.807, 2.05) is 68.5 Å². The number of hydrogen-bond donors (Lipinski definition) is 2. The number of benzene rings is 2. The largest absolute Gasteiger partial charge is 0.323 e. The third-order valence-electron chi connectivity index (χ3n) is 2.88. The van der Waals surface area contributed by atoms with Gasteiger partial charge in [-0.1, -0.05) is 47.5 Å². The number of anilines is 1. The quantitative estimate of drug-likeness (QED) is 0.863. The second-order valence-electron chi connectivity index (χ2n) is 4.71. The minimum absolute atomic E-state index is 0.253. The van der Waals surface area contributed by atoms with E-state index < -0.39 is 0 Å². The van der Waals surface area contributed by atoms with Gasteiger partial charge in [-0.2, -0.15) is 0 Å². The second kappa shape index (κ2) is 6.57. The van der Waals surface area contributed by atoms with Crippen molar-refractivity contribution in [2.75, 3.05) is 5.32 Å². The Labute approximate surface area is 119 Å². The molecular weight excluding hydrogens is 248 g/mol. The molecule has 3 heteroatoms. The zero-order valence-corrected chi connectivity index (χ0v) is 11.7. The summed E-state index contributed by atoms with van der Waals surface area (Å²) >= 11 is 0. The highest BCUT2D eigenvalue weighted by Gasteiger charge is 1.98. The molecule has 0 unspecified atom stereocenters. The smallest absolute Gasteiger partial charge is 0.314 e. The Morgan fingerprint density at radius 2 is 1.45 bits per heavy atom. The minimum atomic E-state index is -0.253. The summed E-state index contributed by atoms with van der Waals surface area (Å²) in [4.78, 5) is 11.7. The summed E-state index contributed by atoms with van der Waals surface area (Å²) in [5.41, 5.74) is 4.20. The first-order valence-electron chi connectivity index (χ1n) is 6.51. The van der Waals surface area contributed by atoms with Gasteiger partial charge >= 0.3 is 6.03 Å². The second-order valence-corrected chi connectivity index (χ2v) is 4.71. The molecule has 2 amide bonds. The SMILES string of the molecule is Cc1ccc(/C=C/NC(=O)Nc2ccc(C)cc2)cc1. The molecule has 0 fully saturated rings. The third-order valence-corrected chi connectivity index (χ3v) is 2.88. The van der Waals surface area contributed by atoms with Crippen LogP contribution in [0.5, 0.6) is 0 Å². The van der Waals surface area contributed by atoms with Crippen molar-refractivity contribution in [1.29, 1.82) is 0 Å². The molecule has 0 spiro atoms. The molecule has 0 heterocycles. The number of carbonyl (C=O) groups is 1. The molecule has 0 radical (unpaired) electrons. The molecule has 0 aliphatic carbocycles. The van der Waals surface area contributed by atoms with Gasteiger partial charge in [0.05, 0.1) is 0 Å². The molecule has 20 heavy (non-hydrogen) atoms. The zero-order chi connectivity index (χ0) is 14.4. The monoisotopic (exact) mass is 266 g/mol. The number of rotatable bonds is 3. The lowest BCUT2D eigenvalue weighted by Gasteiger charge is -2.04. The summed E-state index contributed by atoms with van der Waals surface area (Å²) in [6, 6.07) is 15.5. The Balaban J connectivity index is 1.85. The number of aryl methyl sites for hydroxylation is 2. The zero-order valence-electron chi connectivity index (χ0n) is 11.7. The maximum absolute atomic E-state index is 11.7. The average molecular weight is 266 g/mol. The number of hydrogen-bond acceptors (Lipinski definition) is 1. The van der Waals surface area contributed by atoms with Gasteiger partial charge in [0.1, 0.15) is 0 Å². The third kappa shape index (κ3) is 4.28. The van der Waals surface area contributed by atoms with E-state index in [0.29, 0.717) is 0 Å². The maximum Gasteiger partial charge on any atom is 0.323 e. The minimum Gasteiger partial charge on any atom is -0.314 e. The van der Waals surface area contributed by atoms with Gasteiger partial charge in [0, 0.05) is 11.9 Å². The fourth-order valence-electron chi connectivity index (χ4n) is 1.70. The summed E-state index contributed by atoms with van der Waals surface area (Å²) in [5.74, 6) is 0. The Bertz CT molecular complexity index is 598. The number of carbonyl (C=O) groups excluding carboxylic acids is 1. The Kier molecular flexibility index (Phi) is 4.56. The lowest BCUT2D eigenvalue weighted by Crippen LogP contribution is -2.23. The van der Waals surface area contributed by atoms with Crippen LogP contribution in [0, 0.1) is 13.8 Å². The molecule has 0 aliphatic rings.